The van der Waals surface area contributed by atoms with Gasteiger partial charge in [-0.05, 0) is 30.2 Å². The number of benzene rings is 2. The van der Waals surface area contributed by atoms with Gasteiger partial charge in [0, 0.05) is 19.7 Å². The van der Waals surface area contributed by atoms with Crippen molar-refractivity contribution in [2.24, 2.45) is 5.16 Å². The zero-order chi connectivity index (χ0) is 19.8. The standard InChI is InChI=1S/C19H19F2N3O3/c1-13-5-3-4-6-14(13)11-24(2)19(26)12-27-22-10-18(25)23-17-8-7-15(20)9-16(17)21/h3-10H,11-12H2,1-2H3,(H,23,25)/b22-10+. The van der Waals surface area contributed by atoms with Crippen molar-refractivity contribution in [3.05, 3.63) is 65.2 Å². The van der Waals surface area contributed by atoms with Gasteiger partial charge in [0.15, 0.2) is 6.61 Å². The number of hydrogen-bond acceptors (Lipinski definition) is 4. The fourth-order valence-corrected chi connectivity index (χ4v) is 2.17. The SMILES string of the molecule is Cc1ccccc1CN(C)C(=O)CO/N=C/C(=O)Nc1ccc(F)cc1F. The normalized spacial score (nSPS) is 10.7. The Morgan fingerprint density at radius 2 is 1.96 bits per heavy atom. The summed E-state index contributed by atoms with van der Waals surface area (Å²) in [5.41, 5.74) is 1.89. The van der Waals surface area contributed by atoms with Crippen LogP contribution in [0.4, 0.5) is 14.5 Å². The number of hydrogen-bond donors (Lipinski definition) is 1. The van der Waals surface area contributed by atoms with Crippen LogP contribution in [0.15, 0.2) is 47.6 Å². The van der Waals surface area contributed by atoms with E-state index in [0.717, 1.165) is 29.5 Å². The zero-order valence-corrected chi connectivity index (χ0v) is 14.9. The maximum Gasteiger partial charge on any atom is 0.270 e. The van der Waals surface area contributed by atoms with Crippen LogP contribution >= 0.6 is 0 Å². The highest BCUT2D eigenvalue weighted by Crippen LogP contribution is 2.14. The first-order valence-corrected chi connectivity index (χ1v) is 8.06. The molecule has 8 heteroatoms. The predicted molar refractivity (Wildman–Crippen MR) is 97.1 cm³/mol. The number of oxime groups is 1. The molecule has 0 bridgehead atoms. The molecule has 0 heterocycles. The summed E-state index contributed by atoms with van der Waals surface area (Å²) < 4.78 is 26.2. The van der Waals surface area contributed by atoms with Gasteiger partial charge < -0.3 is 15.1 Å². The van der Waals surface area contributed by atoms with E-state index < -0.39 is 17.5 Å². The summed E-state index contributed by atoms with van der Waals surface area (Å²) in [6.07, 6.45) is 0.761. The fourth-order valence-electron chi connectivity index (χ4n) is 2.17. The van der Waals surface area contributed by atoms with Crippen LogP contribution in [0.1, 0.15) is 11.1 Å². The molecule has 2 rings (SSSR count). The minimum Gasteiger partial charge on any atom is -0.386 e. The van der Waals surface area contributed by atoms with Crippen LogP contribution in [-0.4, -0.2) is 36.6 Å². The van der Waals surface area contributed by atoms with Gasteiger partial charge in [0.2, 0.25) is 0 Å². The van der Waals surface area contributed by atoms with Crippen molar-refractivity contribution in [2.75, 3.05) is 19.0 Å². The van der Waals surface area contributed by atoms with Gasteiger partial charge >= 0.3 is 0 Å². The van der Waals surface area contributed by atoms with Gasteiger partial charge in [0.1, 0.15) is 17.8 Å². The summed E-state index contributed by atoms with van der Waals surface area (Å²) in [4.78, 5) is 29.9. The second-order valence-electron chi connectivity index (χ2n) is 5.80. The summed E-state index contributed by atoms with van der Waals surface area (Å²) in [7, 11) is 1.63. The smallest absolute Gasteiger partial charge is 0.270 e. The third-order valence-corrected chi connectivity index (χ3v) is 3.72. The number of likely N-dealkylation sites (N-methyl/N-ethyl adjacent to an activating group) is 1. The zero-order valence-electron chi connectivity index (χ0n) is 14.9. The second-order valence-corrected chi connectivity index (χ2v) is 5.80. The Hall–Kier alpha value is -3.29. The van der Waals surface area contributed by atoms with Crippen LogP contribution in [0, 0.1) is 18.6 Å². The molecule has 0 saturated heterocycles. The third kappa shape index (κ3) is 6.18. The summed E-state index contributed by atoms with van der Waals surface area (Å²) in [5, 5.41) is 5.56. The molecule has 0 atom stereocenters. The lowest BCUT2D eigenvalue weighted by atomic mass is 10.1. The Morgan fingerprint density at radius 3 is 2.67 bits per heavy atom. The fraction of sp³-hybridized carbons (Fsp3) is 0.211. The number of halogens is 2. The molecule has 0 aromatic heterocycles. The number of anilines is 1. The van der Waals surface area contributed by atoms with Crippen LogP contribution in [0.5, 0.6) is 0 Å². The number of rotatable bonds is 7. The lowest BCUT2D eigenvalue weighted by Gasteiger charge is -2.17. The molecule has 1 N–H and O–H groups in total. The Balaban J connectivity index is 1.78. The van der Waals surface area contributed by atoms with Crippen LogP contribution in [-0.2, 0) is 21.0 Å². The quantitative estimate of drug-likeness (QED) is 0.598. The highest BCUT2D eigenvalue weighted by molar-refractivity contribution is 6.31. The average Bonchev–Trinajstić information content (AvgIpc) is 2.63. The molecule has 2 aromatic carbocycles. The van der Waals surface area contributed by atoms with E-state index in [-0.39, 0.29) is 18.2 Å². The molecule has 0 aliphatic heterocycles. The van der Waals surface area contributed by atoms with Gasteiger partial charge in [0.25, 0.3) is 11.8 Å². The molecule has 0 saturated carbocycles. The number of nitrogens with one attached hydrogen (secondary N) is 1. The van der Waals surface area contributed by atoms with E-state index in [1.54, 1.807) is 7.05 Å². The Morgan fingerprint density at radius 1 is 1.22 bits per heavy atom. The minimum absolute atomic E-state index is 0.193. The molecule has 6 nitrogen and oxygen atoms in total. The number of amides is 2. The topological polar surface area (TPSA) is 71.0 Å². The molecule has 2 aromatic rings. The largest absolute Gasteiger partial charge is 0.386 e. The number of carbonyl (C=O) groups excluding carboxylic acids is 2. The van der Waals surface area contributed by atoms with Gasteiger partial charge in [-0.15, -0.1) is 0 Å². The van der Waals surface area contributed by atoms with Crippen molar-refractivity contribution < 1.29 is 23.2 Å². The maximum atomic E-state index is 13.4. The van der Waals surface area contributed by atoms with E-state index in [9.17, 15) is 18.4 Å². The van der Waals surface area contributed by atoms with Crippen molar-refractivity contribution in [1.29, 1.82) is 0 Å². The van der Waals surface area contributed by atoms with Gasteiger partial charge in [-0.25, -0.2) is 8.78 Å². The van der Waals surface area contributed by atoms with E-state index >= 15 is 0 Å². The molecular weight excluding hydrogens is 356 g/mol. The molecule has 0 radical (unpaired) electrons. The van der Waals surface area contributed by atoms with Gasteiger partial charge in [-0.2, -0.15) is 0 Å². The number of carbonyl (C=O) groups is 2. The first-order chi connectivity index (χ1) is 12.9. The van der Waals surface area contributed by atoms with Crippen LogP contribution in [0.3, 0.4) is 0 Å². The van der Waals surface area contributed by atoms with E-state index in [0.29, 0.717) is 12.6 Å². The summed E-state index contributed by atoms with van der Waals surface area (Å²) in [5.74, 6) is -2.76. The average molecular weight is 375 g/mol. The van der Waals surface area contributed by atoms with Crippen LogP contribution in [0.25, 0.3) is 0 Å². The molecular formula is C19H19F2N3O3. The maximum absolute atomic E-state index is 13.4. The Bertz CT molecular complexity index is 856. The molecule has 2 amide bonds. The summed E-state index contributed by atoms with van der Waals surface area (Å²) >= 11 is 0. The van der Waals surface area contributed by atoms with Crippen LogP contribution < -0.4 is 5.32 Å². The Kier molecular flexibility index (Phi) is 6.99. The van der Waals surface area contributed by atoms with E-state index in [4.69, 9.17) is 4.84 Å². The third-order valence-electron chi connectivity index (χ3n) is 3.72. The molecule has 0 spiro atoms. The minimum atomic E-state index is -0.911. The molecule has 0 aliphatic carbocycles. The van der Waals surface area contributed by atoms with Gasteiger partial charge in [-0.3, -0.25) is 9.59 Å². The van der Waals surface area contributed by atoms with Crippen molar-refractivity contribution in [3.8, 4) is 0 Å². The van der Waals surface area contributed by atoms with E-state index in [1.165, 1.54) is 4.90 Å². The molecule has 0 fully saturated rings. The van der Waals surface area contributed by atoms with Crippen molar-refractivity contribution in [2.45, 2.75) is 13.5 Å². The van der Waals surface area contributed by atoms with E-state index in [1.807, 2.05) is 31.2 Å². The molecule has 0 aliphatic rings. The van der Waals surface area contributed by atoms with Crippen molar-refractivity contribution in [3.63, 3.8) is 0 Å². The highest BCUT2D eigenvalue weighted by atomic mass is 19.1. The molecule has 0 unspecified atom stereocenters. The van der Waals surface area contributed by atoms with Crippen LogP contribution in [0.2, 0.25) is 0 Å². The molecule has 27 heavy (non-hydrogen) atoms. The number of nitrogens with zero attached hydrogens (tertiary/aromatic N) is 2. The second kappa shape index (κ2) is 9.42. The highest BCUT2D eigenvalue weighted by Gasteiger charge is 2.11. The summed E-state index contributed by atoms with van der Waals surface area (Å²) in [6, 6.07) is 10.4. The molecule has 142 valence electrons. The lowest BCUT2D eigenvalue weighted by molar-refractivity contribution is -0.135. The Labute approximate surface area is 155 Å². The first kappa shape index (κ1) is 20.0. The number of aryl methyl sites for hydroxylation is 1. The monoisotopic (exact) mass is 375 g/mol. The first-order valence-electron chi connectivity index (χ1n) is 8.06. The van der Waals surface area contributed by atoms with Gasteiger partial charge in [-0.1, -0.05) is 29.4 Å². The predicted octanol–water partition coefficient (Wildman–Crippen LogP) is 2.87. The van der Waals surface area contributed by atoms with Gasteiger partial charge in [0.05, 0.1) is 5.69 Å². The van der Waals surface area contributed by atoms with Crippen molar-refractivity contribution in [1.82, 2.24) is 4.90 Å². The summed E-state index contributed by atoms with van der Waals surface area (Å²) in [6.45, 7) is 2.02. The van der Waals surface area contributed by atoms with E-state index in [2.05, 4.69) is 10.5 Å². The lowest BCUT2D eigenvalue weighted by Crippen LogP contribution is -2.29. The van der Waals surface area contributed by atoms with Crippen molar-refractivity contribution >= 4 is 23.7 Å².